The van der Waals surface area contributed by atoms with E-state index in [4.69, 9.17) is 0 Å². The molecule has 0 bridgehead atoms. The highest BCUT2D eigenvalue weighted by atomic mass is 32.1. The van der Waals surface area contributed by atoms with E-state index in [-0.39, 0.29) is 0 Å². The van der Waals surface area contributed by atoms with Gasteiger partial charge in [0.25, 0.3) is 0 Å². The average Bonchev–Trinajstić information content (AvgIpc) is 3.09. The van der Waals surface area contributed by atoms with Gasteiger partial charge in [-0.3, -0.25) is 0 Å². The number of nitrogens with zero attached hydrogens (tertiary/aromatic N) is 3. The van der Waals surface area contributed by atoms with Crippen LogP contribution in [-0.4, -0.2) is 25.9 Å². The van der Waals surface area contributed by atoms with Crippen molar-refractivity contribution in [3.8, 4) is 0 Å². The van der Waals surface area contributed by atoms with Crippen LogP contribution in [0, 0.1) is 0 Å². The van der Waals surface area contributed by atoms with Crippen molar-refractivity contribution in [2.75, 3.05) is 11.9 Å². The van der Waals surface area contributed by atoms with Gasteiger partial charge < -0.3 is 10.3 Å². The molecule has 0 aliphatic carbocycles. The molecule has 3 aromatic rings. The number of rotatable bonds is 6. The van der Waals surface area contributed by atoms with Crippen LogP contribution in [-0.2, 0) is 12.8 Å². The lowest BCUT2D eigenvalue weighted by atomic mass is 10.3. The van der Waals surface area contributed by atoms with Crippen molar-refractivity contribution >= 4 is 27.7 Å². The first kappa shape index (κ1) is 13.1. The first-order valence-corrected chi connectivity index (χ1v) is 7.62. The quantitative estimate of drug-likeness (QED) is 0.684. The number of aromatic nitrogens is 4. The van der Waals surface area contributed by atoms with Gasteiger partial charge in [-0.15, -0.1) is 0 Å². The number of benzene rings is 1. The van der Waals surface area contributed by atoms with Crippen molar-refractivity contribution in [2.24, 2.45) is 0 Å². The third-order valence-corrected chi connectivity index (χ3v) is 3.80. The van der Waals surface area contributed by atoms with E-state index in [1.54, 1.807) is 0 Å². The van der Waals surface area contributed by atoms with E-state index in [1.165, 1.54) is 11.5 Å². The van der Waals surface area contributed by atoms with E-state index in [2.05, 4.69) is 37.6 Å². The Labute approximate surface area is 121 Å². The first-order valence-electron chi connectivity index (χ1n) is 6.85. The van der Waals surface area contributed by atoms with E-state index < -0.39 is 0 Å². The molecule has 3 rings (SSSR count). The van der Waals surface area contributed by atoms with Gasteiger partial charge >= 0.3 is 0 Å². The fourth-order valence-corrected chi connectivity index (χ4v) is 2.72. The maximum Gasteiger partial charge on any atom is 0.202 e. The number of aromatic amines is 1. The molecular weight excluding hydrogens is 270 g/mol. The minimum Gasteiger partial charge on any atom is -0.360 e. The molecular formula is C14H17N5S. The van der Waals surface area contributed by atoms with E-state index in [0.29, 0.717) is 0 Å². The highest BCUT2D eigenvalue weighted by Gasteiger charge is 2.03. The second-order valence-corrected chi connectivity index (χ2v) is 5.35. The van der Waals surface area contributed by atoms with E-state index in [0.717, 1.165) is 53.6 Å². The Hall–Kier alpha value is -1.95. The van der Waals surface area contributed by atoms with Crippen LogP contribution in [0.4, 0.5) is 5.13 Å². The number of hydrogen-bond acceptors (Lipinski definition) is 5. The third-order valence-electron chi connectivity index (χ3n) is 3.09. The maximum absolute atomic E-state index is 4.57. The molecule has 2 N–H and O–H groups in total. The molecule has 0 amide bonds. The Bertz CT molecular complexity index is 655. The standard InChI is InChI=1S/C14H17N5S/c1-2-12-18-14(20-19-12)15-9-5-8-13-16-10-6-3-4-7-11(10)17-13/h3-4,6-7H,2,5,8-9H2,1H3,(H,16,17)(H,15,18,19). The van der Waals surface area contributed by atoms with Gasteiger partial charge in [0, 0.05) is 30.9 Å². The fraction of sp³-hybridized carbons (Fsp3) is 0.357. The maximum atomic E-state index is 4.57. The lowest BCUT2D eigenvalue weighted by molar-refractivity contribution is 0.818. The number of hydrogen-bond donors (Lipinski definition) is 2. The average molecular weight is 287 g/mol. The van der Waals surface area contributed by atoms with Crippen LogP contribution >= 0.6 is 11.5 Å². The van der Waals surface area contributed by atoms with Crippen molar-refractivity contribution in [1.82, 2.24) is 19.3 Å². The molecule has 0 unspecified atom stereocenters. The summed E-state index contributed by atoms with van der Waals surface area (Å²) in [7, 11) is 0. The summed E-state index contributed by atoms with van der Waals surface area (Å²) in [4.78, 5) is 12.3. The zero-order valence-electron chi connectivity index (χ0n) is 11.4. The second-order valence-electron chi connectivity index (χ2n) is 4.60. The van der Waals surface area contributed by atoms with Crippen LogP contribution in [0.5, 0.6) is 0 Å². The van der Waals surface area contributed by atoms with Gasteiger partial charge in [0.1, 0.15) is 11.6 Å². The van der Waals surface area contributed by atoms with Crippen LogP contribution in [0.15, 0.2) is 24.3 Å². The molecule has 20 heavy (non-hydrogen) atoms. The molecule has 0 spiro atoms. The molecule has 6 heteroatoms. The molecule has 0 atom stereocenters. The minimum absolute atomic E-state index is 0.884. The summed E-state index contributed by atoms with van der Waals surface area (Å²) in [5.41, 5.74) is 2.14. The lowest BCUT2D eigenvalue weighted by Crippen LogP contribution is -2.03. The smallest absolute Gasteiger partial charge is 0.202 e. The fourth-order valence-electron chi connectivity index (χ4n) is 2.04. The first-order chi connectivity index (χ1) is 9.85. The van der Waals surface area contributed by atoms with Gasteiger partial charge in [-0.2, -0.15) is 4.37 Å². The summed E-state index contributed by atoms with van der Waals surface area (Å²) < 4.78 is 4.25. The Balaban J connectivity index is 1.49. The molecule has 0 aliphatic rings. The van der Waals surface area contributed by atoms with Crippen LogP contribution in [0.25, 0.3) is 11.0 Å². The summed E-state index contributed by atoms with van der Waals surface area (Å²) in [5, 5.41) is 4.22. The Morgan fingerprint density at radius 3 is 2.95 bits per heavy atom. The molecule has 104 valence electrons. The molecule has 2 heterocycles. The Morgan fingerprint density at radius 2 is 2.15 bits per heavy atom. The second kappa shape index (κ2) is 6.00. The SMILES string of the molecule is CCc1nsc(NCCCc2nc3ccccc3[nH]2)n1. The van der Waals surface area contributed by atoms with Crippen LogP contribution in [0.1, 0.15) is 25.0 Å². The van der Waals surface area contributed by atoms with Gasteiger partial charge in [-0.25, -0.2) is 9.97 Å². The van der Waals surface area contributed by atoms with Crippen LogP contribution < -0.4 is 5.32 Å². The zero-order chi connectivity index (χ0) is 13.8. The molecule has 1 aromatic carbocycles. The van der Waals surface area contributed by atoms with Gasteiger partial charge in [0.2, 0.25) is 5.13 Å². The van der Waals surface area contributed by atoms with E-state index in [1.807, 2.05) is 18.2 Å². The molecule has 2 aromatic heterocycles. The van der Waals surface area contributed by atoms with Crippen molar-refractivity contribution in [1.29, 1.82) is 0 Å². The van der Waals surface area contributed by atoms with E-state index >= 15 is 0 Å². The summed E-state index contributed by atoms with van der Waals surface area (Å²) in [6, 6.07) is 8.11. The lowest BCUT2D eigenvalue weighted by Gasteiger charge is -2.00. The highest BCUT2D eigenvalue weighted by molar-refractivity contribution is 7.09. The van der Waals surface area contributed by atoms with Crippen molar-refractivity contribution in [2.45, 2.75) is 26.2 Å². The Kier molecular flexibility index (Phi) is 3.92. The van der Waals surface area contributed by atoms with Crippen LogP contribution in [0.2, 0.25) is 0 Å². The molecule has 5 nitrogen and oxygen atoms in total. The summed E-state index contributed by atoms with van der Waals surface area (Å²) in [6.07, 6.45) is 2.83. The van der Waals surface area contributed by atoms with Gasteiger partial charge in [-0.1, -0.05) is 19.1 Å². The molecule has 0 fully saturated rings. The number of fused-ring (bicyclic) bond motifs is 1. The summed E-state index contributed by atoms with van der Waals surface area (Å²) in [5.74, 6) is 1.95. The van der Waals surface area contributed by atoms with Crippen molar-refractivity contribution < 1.29 is 0 Å². The number of para-hydroxylation sites is 2. The van der Waals surface area contributed by atoms with Crippen molar-refractivity contribution in [3.63, 3.8) is 0 Å². The topological polar surface area (TPSA) is 66.5 Å². The van der Waals surface area contributed by atoms with Gasteiger partial charge in [-0.05, 0) is 18.6 Å². The molecule has 0 aliphatic heterocycles. The number of aryl methyl sites for hydroxylation is 2. The molecule has 0 radical (unpaired) electrons. The largest absolute Gasteiger partial charge is 0.360 e. The molecule has 0 saturated carbocycles. The zero-order valence-corrected chi connectivity index (χ0v) is 12.2. The van der Waals surface area contributed by atoms with Crippen LogP contribution in [0.3, 0.4) is 0 Å². The summed E-state index contributed by atoms with van der Waals surface area (Å²) >= 11 is 1.43. The Morgan fingerprint density at radius 1 is 1.25 bits per heavy atom. The summed E-state index contributed by atoms with van der Waals surface area (Å²) in [6.45, 7) is 2.95. The number of nitrogens with one attached hydrogen (secondary N) is 2. The number of imidazole rings is 1. The predicted octanol–water partition coefficient (Wildman–Crippen LogP) is 3.02. The minimum atomic E-state index is 0.884. The molecule has 0 saturated heterocycles. The third kappa shape index (κ3) is 2.96. The normalized spacial score (nSPS) is 11.1. The van der Waals surface area contributed by atoms with Gasteiger partial charge in [0.15, 0.2) is 0 Å². The monoisotopic (exact) mass is 287 g/mol. The predicted molar refractivity (Wildman–Crippen MR) is 82.2 cm³/mol. The van der Waals surface area contributed by atoms with Crippen molar-refractivity contribution in [3.05, 3.63) is 35.9 Å². The number of H-pyrrole nitrogens is 1. The van der Waals surface area contributed by atoms with Gasteiger partial charge in [0.05, 0.1) is 11.0 Å². The highest BCUT2D eigenvalue weighted by Crippen LogP contribution is 2.13. The van der Waals surface area contributed by atoms with E-state index in [9.17, 15) is 0 Å². The number of anilines is 1.